The van der Waals surface area contributed by atoms with Crippen molar-refractivity contribution in [3.8, 4) is 0 Å². The molecule has 3 rings (SSSR count). The average Bonchev–Trinajstić information content (AvgIpc) is 3.10. The summed E-state index contributed by atoms with van der Waals surface area (Å²) in [5, 5.41) is 6.75. The van der Waals surface area contributed by atoms with Crippen molar-refractivity contribution in [1.82, 2.24) is 4.98 Å². The predicted molar refractivity (Wildman–Crippen MR) is 90.6 cm³/mol. The maximum atomic E-state index is 11.9. The van der Waals surface area contributed by atoms with E-state index in [4.69, 9.17) is 16.3 Å². The molecule has 1 fully saturated rings. The number of pyridine rings is 1. The van der Waals surface area contributed by atoms with Crippen LogP contribution in [0.15, 0.2) is 42.6 Å². The Balaban J connectivity index is 1.54. The second kappa shape index (κ2) is 7.44. The average molecular weight is 332 g/mol. The van der Waals surface area contributed by atoms with Gasteiger partial charge in [-0.25, -0.2) is 4.98 Å². The number of halogens is 1. The van der Waals surface area contributed by atoms with Crippen molar-refractivity contribution < 1.29 is 9.53 Å². The largest absolute Gasteiger partial charge is 0.380 e. The fourth-order valence-electron chi connectivity index (χ4n) is 2.40. The van der Waals surface area contributed by atoms with E-state index in [-0.39, 0.29) is 12.0 Å². The van der Waals surface area contributed by atoms with E-state index < -0.39 is 0 Å². The summed E-state index contributed by atoms with van der Waals surface area (Å²) in [6.07, 6.45) is 3.02. The summed E-state index contributed by atoms with van der Waals surface area (Å²) in [5.74, 6) is 0.389. The highest BCUT2D eigenvalue weighted by Gasteiger charge is 2.23. The van der Waals surface area contributed by atoms with Gasteiger partial charge in [-0.3, -0.25) is 4.79 Å². The minimum atomic E-state index is -0.352. The number of carbonyl (C=O) groups is 1. The molecular weight excluding hydrogens is 314 g/mol. The number of nitrogens with zero attached hydrogens (tertiary/aromatic N) is 1. The number of ether oxygens (including phenoxy) is 1. The highest BCUT2D eigenvalue weighted by atomic mass is 35.5. The highest BCUT2D eigenvalue weighted by Crippen LogP contribution is 2.18. The molecule has 2 heterocycles. The van der Waals surface area contributed by atoms with E-state index in [1.54, 1.807) is 12.3 Å². The number of anilines is 2. The summed E-state index contributed by atoms with van der Waals surface area (Å²) >= 11 is 6.12. The van der Waals surface area contributed by atoms with E-state index in [0.717, 1.165) is 29.1 Å². The topological polar surface area (TPSA) is 63.2 Å². The summed E-state index contributed by atoms with van der Waals surface area (Å²) < 4.78 is 5.34. The molecule has 0 bridgehead atoms. The fourth-order valence-corrected chi connectivity index (χ4v) is 2.61. The van der Waals surface area contributed by atoms with Gasteiger partial charge < -0.3 is 15.4 Å². The number of hydrogen-bond acceptors (Lipinski definition) is 4. The monoisotopic (exact) mass is 331 g/mol. The van der Waals surface area contributed by atoms with Crippen molar-refractivity contribution in [2.45, 2.75) is 25.5 Å². The molecule has 0 spiro atoms. The summed E-state index contributed by atoms with van der Waals surface area (Å²) in [7, 11) is 0. The van der Waals surface area contributed by atoms with Crippen LogP contribution in [-0.2, 0) is 16.1 Å². The van der Waals surface area contributed by atoms with Gasteiger partial charge in [-0.15, -0.1) is 0 Å². The molecule has 1 amide bonds. The Labute approximate surface area is 140 Å². The number of aromatic nitrogens is 1. The van der Waals surface area contributed by atoms with Crippen molar-refractivity contribution in [3.63, 3.8) is 0 Å². The van der Waals surface area contributed by atoms with Crippen molar-refractivity contribution in [3.05, 3.63) is 53.2 Å². The zero-order valence-corrected chi connectivity index (χ0v) is 13.3. The molecule has 1 aromatic carbocycles. The minimum absolute atomic E-state index is 0.133. The third kappa shape index (κ3) is 4.21. The zero-order valence-electron chi connectivity index (χ0n) is 12.6. The Morgan fingerprint density at radius 2 is 2.17 bits per heavy atom. The molecule has 2 N–H and O–H groups in total. The molecule has 6 heteroatoms. The van der Waals surface area contributed by atoms with Crippen LogP contribution < -0.4 is 10.6 Å². The Morgan fingerprint density at radius 3 is 2.87 bits per heavy atom. The Kier molecular flexibility index (Phi) is 5.10. The second-order valence-corrected chi connectivity index (χ2v) is 5.78. The van der Waals surface area contributed by atoms with E-state index in [1.807, 2.05) is 30.3 Å². The first-order valence-electron chi connectivity index (χ1n) is 7.58. The van der Waals surface area contributed by atoms with Gasteiger partial charge in [0.05, 0.1) is 11.9 Å². The zero-order chi connectivity index (χ0) is 16.1. The summed E-state index contributed by atoms with van der Waals surface area (Å²) in [5.41, 5.74) is 1.88. The molecule has 2 aromatic rings. The van der Waals surface area contributed by atoms with Crippen molar-refractivity contribution in [1.29, 1.82) is 0 Å². The lowest BCUT2D eigenvalue weighted by Crippen LogP contribution is -2.27. The van der Waals surface area contributed by atoms with E-state index in [9.17, 15) is 4.79 Å². The van der Waals surface area contributed by atoms with Gasteiger partial charge in [-0.2, -0.15) is 0 Å². The number of hydrogen-bond donors (Lipinski definition) is 2. The Bertz CT molecular complexity index is 670. The summed E-state index contributed by atoms with van der Waals surface area (Å²) in [6.45, 7) is 1.26. The van der Waals surface area contributed by atoms with Crippen LogP contribution in [0.25, 0.3) is 0 Å². The molecule has 120 valence electrons. The minimum Gasteiger partial charge on any atom is -0.380 e. The standard InChI is InChI=1S/C17H18ClN3O2/c18-14-5-2-1-4-12(14)10-19-13-7-8-16(20-11-13)21-17(22)15-6-3-9-23-15/h1-2,4-5,7-8,11,15,19H,3,6,9-10H2,(H,20,21,22). The van der Waals surface area contributed by atoms with Gasteiger partial charge in [0.1, 0.15) is 11.9 Å². The normalized spacial score (nSPS) is 17.0. The number of carbonyl (C=O) groups excluding carboxylic acids is 1. The Hall–Kier alpha value is -2.11. The van der Waals surface area contributed by atoms with Crippen molar-refractivity contribution >= 4 is 29.0 Å². The third-order valence-corrected chi connectivity index (χ3v) is 4.05. The van der Waals surface area contributed by atoms with Crippen molar-refractivity contribution in [2.24, 2.45) is 0 Å². The van der Waals surface area contributed by atoms with Crippen LogP contribution in [0.1, 0.15) is 18.4 Å². The third-order valence-electron chi connectivity index (χ3n) is 3.68. The SMILES string of the molecule is O=C(Nc1ccc(NCc2ccccc2Cl)cn1)C1CCCO1. The van der Waals surface area contributed by atoms with Gasteiger partial charge >= 0.3 is 0 Å². The van der Waals surface area contributed by atoms with Crippen LogP contribution >= 0.6 is 11.6 Å². The number of amides is 1. The molecule has 0 radical (unpaired) electrons. The predicted octanol–water partition coefficient (Wildman–Crippen LogP) is 3.46. The molecule has 1 aliphatic rings. The fraction of sp³-hybridized carbons (Fsp3) is 0.294. The number of rotatable bonds is 5. The molecule has 23 heavy (non-hydrogen) atoms. The smallest absolute Gasteiger partial charge is 0.254 e. The molecule has 0 aliphatic carbocycles. The lowest BCUT2D eigenvalue weighted by atomic mass is 10.2. The van der Waals surface area contributed by atoms with Gasteiger partial charge in [-0.05, 0) is 36.6 Å². The molecule has 1 atom stereocenters. The van der Waals surface area contributed by atoms with Crippen molar-refractivity contribution in [2.75, 3.05) is 17.2 Å². The van der Waals surface area contributed by atoms with Crippen LogP contribution in [-0.4, -0.2) is 23.6 Å². The van der Waals surface area contributed by atoms with Crippen LogP contribution in [0.2, 0.25) is 5.02 Å². The van der Waals surface area contributed by atoms with Crippen LogP contribution in [0.4, 0.5) is 11.5 Å². The maximum Gasteiger partial charge on any atom is 0.254 e. The molecule has 5 nitrogen and oxygen atoms in total. The molecular formula is C17H18ClN3O2. The van der Waals surface area contributed by atoms with Crippen LogP contribution in [0.5, 0.6) is 0 Å². The second-order valence-electron chi connectivity index (χ2n) is 5.37. The lowest BCUT2D eigenvalue weighted by Gasteiger charge is -2.11. The van der Waals surface area contributed by atoms with Gasteiger partial charge in [0, 0.05) is 18.2 Å². The molecule has 1 saturated heterocycles. The van der Waals surface area contributed by atoms with Gasteiger partial charge in [0.15, 0.2) is 0 Å². The van der Waals surface area contributed by atoms with E-state index >= 15 is 0 Å². The quantitative estimate of drug-likeness (QED) is 0.880. The lowest BCUT2D eigenvalue weighted by molar-refractivity contribution is -0.124. The Morgan fingerprint density at radius 1 is 1.30 bits per heavy atom. The maximum absolute atomic E-state index is 11.9. The molecule has 1 aliphatic heterocycles. The number of nitrogens with one attached hydrogen (secondary N) is 2. The van der Waals surface area contributed by atoms with E-state index in [2.05, 4.69) is 15.6 Å². The van der Waals surface area contributed by atoms with E-state index in [0.29, 0.717) is 19.0 Å². The molecule has 0 saturated carbocycles. The van der Waals surface area contributed by atoms with Crippen LogP contribution in [0.3, 0.4) is 0 Å². The van der Waals surface area contributed by atoms with E-state index in [1.165, 1.54) is 0 Å². The van der Waals surface area contributed by atoms with Gasteiger partial charge in [0.2, 0.25) is 0 Å². The molecule has 1 aromatic heterocycles. The first-order valence-corrected chi connectivity index (χ1v) is 7.96. The summed E-state index contributed by atoms with van der Waals surface area (Å²) in [4.78, 5) is 16.2. The highest BCUT2D eigenvalue weighted by molar-refractivity contribution is 6.31. The first kappa shape index (κ1) is 15.8. The van der Waals surface area contributed by atoms with Crippen LogP contribution in [0, 0.1) is 0 Å². The number of benzene rings is 1. The van der Waals surface area contributed by atoms with Gasteiger partial charge in [0.25, 0.3) is 5.91 Å². The summed E-state index contributed by atoms with van der Waals surface area (Å²) in [6, 6.07) is 11.3. The van der Waals surface area contributed by atoms with Gasteiger partial charge in [-0.1, -0.05) is 29.8 Å². The first-order chi connectivity index (χ1) is 11.2. The molecule has 1 unspecified atom stereocenters.